The third-order valence-corrected chi connectivity index (χ3v) is 3.16. The summed E-state index contributed by atoms with van der Waals surface area (Å²) in [6.07, 6.45) is -0.113. The van der Waals surface area contributed by atoms with E-state index in [-0.39, 0.29) is 6.10 Å². The Morgan fingerprint density at radius 1 is 1.05 bits per heavy atom. The van der Waals surface area contributed by atoms with Crippen LogP contribution in [0.2, 0.25) is 0 Å². The average Bonchev–Trinajstić information content (AvgIpc) is 2.53. The lowest BCUT2D eigenvalue weighted by Gasteiger charge is -2.15. The molecule has 0 aromatic heterocycles. The van der Waals surface area contributed by atoms with E-state index in [9.17, 15) is 0 Å². The van der Waals surface area contributed by atoms with Crippen LogP contribution in [0.1, 0.15) is 12.5 Å². The van der Waals surface area contributed by atoms with E-state index in [1.165, 1.54) is 0 Å². The zero-order valence-corrected chi connectivity index (χ0v) is 12.9. The number of aryl methyl sites for hydroxylation is 1. The third-order valence-electron chi connectivity index (χ3n) is 3.16. The number of nitrogens with zero attached hydrogens (tertiary/aromatic N) is 2. The van der Waals surface area contributed by atoms with E-state index < -0.39 is 0 Å². The number of hydrogen-bond donors (Lipinski definition) is 0. The zero-order chi connectivity index (χ0) is 15.9. The van der Waals surface area contributed by atoms with Crippen LogP contribution in [0.4, 0.5) is 5.69 Å². The Hall–Kier alpha value is -2.74. The van der Waals surface area contributed by atoms with Crippen LogP contribution in [0.25, 0.3) is 4.98 Å². The quantitative estimate of drug-likeness (QED) is 0.745. The first-order valence-electron chi connectivity index (χ1n) is 7.01. The van der Waals surface area contributed by atoms with Gasteiger partial charge in [0.25, 0.3) is 0 Å². The van der Waals surface area contributed by atoms with Gasteiger partial charge in [-0.15, -0.1) is 0 Å². The second-order valence-corrected chi connectivity index (χ2v) is 4.96. The van der Waals surface area contributed by atoms with Crippen molar-refractivity contribution >= 4 is 5.69 Å². The van der Waals surface area contributed by atoms with Crippen molar-refractivity contribution in [3.05, 3.63) is 53.0 Å². The van der Waals surface area contributed by atoms with Crippen molar-refractivity contribution in [3.63, 3.8) is 0 Å². The summed E-state index contributed by atoms with van der Waals surface area (Å²) in [7, 11) is 1.63. The predicted octanol–water partition coefficient (Wildman–Crippen LogP) is 4.33. The van der Waals surface area contributed by atoms with E-state index in [1.807, 2.05) is 44.2 Å². The highest BCUT2D eigenvalue weighted by Gasteiger charge is 2.12. The third kappa shape index (κ3) is 4.13. The second-order valence-electron chi connectivity index (χ2n) is 4.96. The number of rotatable bonds is 6. The molecule has 0 fully saturated rings. The number of methoxy groups -OCH3 is 1. The first-order chi connectivity index (χ1) is 10.6. The van der Waals surface area contributed by atoms with Crippen molar-refractivity contribution in [2.24, 2.45) is 0 Å². The second kappa shape index (κ2) is 7.32. The fourth-order valence-electron chi connectivity index (χ4n) is 1.97. The minimum Gasteiger partial charge on any atom is -0.497 e. The van der Waals surface area contributed by atoms with Gasteiger partial charge in [-0.25, -0.2) is 0 Å². The number of benzene rings is 2. The van der Waals surface area contributed by atoms with Crippen LogP contribution >= 0.6 is 0 Å². The summed E-state index contributed by atoms with van der Waals surface area (Å²) < 4.78 is 16.6. The minimum absolute atomic E-state index is 0.113. The van der Waals surface area contributed by atoms with E-state index >= 15 is 0 Å². The van der Waals surface area contributed by atoms with Gasteiger partial charge in [0, 0.05) is 11.6 Å². The molecule has 0 spiro atoms. The molecule has 1 unspecified atom stereocenters. The smallest absolute Gasteiger partial charge is 0.388 e. The molecule has 0 amide bonds. The lowest BCUT2D eigenvalue weighted by Crippen LogP contribution is -2.21. The van der Waals surface area contributed by atoms with Crippen molar-refractivity contribution in [2.45, 2.75) is 20.0 Å². The lowest BCUT2D eigenvalue weighted by atomic mass is 10.2. The Labute approximate surface area is 130 Å². The van der Waals surface area contributed by atoms with Gasteiger partial charge in [-0.3, -0.25) is 0 Å². The van der Waals surface area contributed by atoms with Gasteiger partial charge in [0.05, 0.1) is 7.11 Å². The molecule has 0 aliphatic rings. The maximum absolute atomic E-state index is 8.79. The summed E-state index contributed by atoms with van der Waals surface area (Å²) in [5.41, 5.74) is 1.39. The van der Waals surface area contributed by atoms with Crippen LogP contribution in [0, 0.1) is 12.3 Å². The summed E-state index contributed by atoms with van der Waals surface area (Å²) in [6.45, 7) is 4.22. The minimum atomic E-state index is -0.113. The molecule has 0 bridgehead atoms. The lowest BCUT2D eigenvalue weighted by molar-refractivity contribution is 0.143. The summed E-state index contributed by atoms with van der Waals surface area (Å²) in [5.74, 6) is 2.28. The highest BCUT2D eigenvalue weighted by molar-refractivity contribution is 5.53. The Bertz CT molecular complexity index is 663. The normalized spacial score (nSPS) is 11.4. The molecule has 0 saturated heterocycles. The molecular weight excluding hydrogens is 280 g/mol. The standard InChI is InChI=1S/C17H19N2O3/c1-12-10-16(8-9-17(12)19-18)22-13(2)11-21-15-6-4-14(20-3)5-7-15/h4-10,13H,11H2,1-3H3/q+1. The van der Waals surface area contributed by atoms with E-state index in [4.69, 9.17) is 19.6 Å². The Balaban J connectivity index is 1.88. The number of diazo groups is 1. The van der Waals surface area contributed by atoms with Crippen LogP contribution in [0.3, 0.4) is 0 Å². The van der Waals surface area contributed by atoms with Crippen molar-refractivity contribution in [3.8, 4) is 17.2 Å². The van der Waals surface area contributed by atoms with Gasteiger partial charge >= 0.3 is 5.69 Å². The molecule has 0 radical (unpaired) electrons. The van der Waals surface area contributed by atoms with Crippen molar-refractivity contribution < 1.29 is 14.2 Å². The van der Waals surface area contributed by atoms with Crippen molar-refractivity contribution in [1.29, 1.82) is 5.39 Å². The fourth-order valence-corrected chi connectivity index (χ4v) is 1.97. The molecule has 0 saturated carbocycles. The molecular formula is C17H19N2O3+. The Morgan fingerprint density at radius 3 is 2.27 bits per heavy atom. The first kappa shape index (κ1) is 15.6. The van der Waals surface area contributed by atoms with Gasteiger partial charge in [0.1, 0.15) is 30.0 Å². The Morgan fingerprint density at radius 2 is 1.68 bits per heavy atom. The molecule has 22 heavy (non-hydrogen) atoms. The molecule has 2 aromatic rings. The molecule has 0 heterocycles. The SMILES string of the molecule is COc1ccc(OCC(C)Oc2ccc([N+]#N)c(C)c2)cc1. The van der Waals surface area contributed by atoms with Crippen LogP contribution in [0.5, 0.6) is 17.2 Å². The van der Waals surface area contributed by atoms with Gasteiger partial charge in [0.2, 0.25) is 5.39 Å². The largest absolute Gasteiger partial charge is 0.497 e. The van der Waals surface area contributed by atoms with Gasteiger partial charge in [-0.2, -0.15) is 0 Å². The molecule has 0 aliphatic heterocycles. The van der Waals surface area contributed by atoms with Gasteiger partial charge in [-0.05, 0) is 50.2 Å². The topological polar surface area (TPSA) is 55.8 Å². The Kier molecular flexibility index (Phi) is 5.21. The van der Waals surface area contributed by atoms with Crippen LogP contribution in [0.15, 0.2) is 42.5 Å². The van der Waals surface area contributed by atoms with E-state index in [2.05, 4.69) is 4.98 Å². The van der Waals surface area contributed by atoms with E-state index in [0.29, 0.717) is 12.3 Å². The molecule has 0 N–H and O–H groups in total. The van der Waals surface area contributed by atoms with E-state index in [0.717, 1.165) is 22.8 Å². The zero-order valence-electron chi connectivity index (χ0n) is 12.9. The van der Waals surface area contributed by atoms with Gasteiger partial charge < -0.3 is 14.2 Å². The average molecular weight is 299 g/mol. The maximum Gasteiger partial charge on any atom is 0.388 e. The highest BCUT2D eigenvalue weighted by atomic mass is 16.5. The molecule has 114 valence electrons. The molecule has 1 atom stereocenters. The molecule has 5 nitrogen and oxygen atoms in total. The maximum atomic E-state index is 8.79. The van der Waals surface area contributed by atoms with Crippen LogP contribution < -0.4 is 14.2 Å². The fraction of sp³-hybridized carbons (Fsp3) is 0.294. The summed E-state index contributed by atoms with van der Waals surface area (Å²) in [4.78, 5) is 3.19. The molecule has 0 aliphatic carbocycles. The van der Waals surface area contributed by atoms with Crippen LogP contribution in [-0.4, -0.2) is 19.8 Å². The van der Waals surface area contributed by atoms with Crippen LogP contribution in [-0.2, 0) is 0 Å². The van der Waals surface area contributed by atoms with E-state index in [1.54, 1.807) is 19.2 Å². The summed E-state index contributed by atoms with van der Waals surface area (Å²) in [5, 5.41) is 8.79. The summed E-state index contributed by atoms with van der Waals surface area (Å²) in [6, 6.07) is 12.7. The molecule has 5 heteroatoms. The van der Waals surface area contributed by atoms with Gasteiger partial charge in [0.15, 0.2) is 4.98 Å². The predicted molar refractivity (Wildman–Crippen MR) is 84.5 cm³/mol. The summed E-state index contributed by atoms with van der Waals surface area (Å²) >= 11 is 0. The highest BCUT2D eigenvalue weighted by Crippen LogP contribution is 2.24. The van der Waals surface area contributed by atoms with Crippen molar-refractivity contribution in [2.75, 3.05) is 13.7 Å². The molecule has 2 rings (SSSR count). The van der Waals surface area contributed by atoms with Gasteiger partial charge in [-0.1, -0.05) is 0 Å². The first-order valence-corrected chi connectivity index (χ1v) is 7.01. The van der Waals surface area contributed by atoms with Crippen molar-refractivity contribution in [1.82, 2.24) is 0 Å². The number of hydrogen-bond acceptors (Lipinski definition) is 4. The monoisotopic (exact) mass is 299 g/mol. The number of ether oxygens (including phenoxy) is 3. The molecule has 2 aromatic carbocycles.